The van der Waals surface area contributed by atoms with Crippen LogP contribution in [0.3, 0.4) is 0 Å². The largest absolute Gasteiger partial charge is 0.399 e. The second-order valence-corrected chi connectivity index (χ2v) is 4.91. The Morgan fingerprint density at radius 1 is 1.38 bits per heavy atom. The van der Waals surface area contributed by atoms with E-state index in [1.807, 2.05) is 6.07 Å². The second kappa shape index (κ2) is 5.35. The number of likely N-dealkylation sites (tertiary alicyclic amines) is 1. The Bertz CT molecular complexity index is 335. The summed E-state index contributed by atoms with van der Waals surface area (Å²) in [5.41, 5.74) is 8.04. The number of rotatable bonds is 3. The molecule has 1 unspecified atom stereocenters. The molecule has 1 aromatic carbocycles. The van der Waals surface area contributed by atoms with E-state index in [1.54, 1.807) is 0 Å². The molecular weight excluding hydrogens is 196 g/mol. The Balaban J connectivity index is 1.86. The molecule has 2 rings (SSSR count). The maximum absolute atomic E-state index is 5.78. The molecule has 1 aliphatic rings. The first kappa shape index (κ1) is 11.5. The third-order valence-electron chi connectivity index (χ3n) is 3.64. The van der Waals surface area contributed by atoms with Gasteiger partial charge < -0.3 is 10.6 Å². The highest BCUT2D eigenvalue weighted by molar-refractivity contribution is 5.40. The lowest BCUT2D eigenvalue weighted by Crippen LogP contribution is -2.36. The van der Waals surface area contributed by atoms with Gasteiger partial charge in [-0.15, -0.1) is 0 Å². The van der Waals surface area contributed by atoms with Crippen molar-refractivity contribution in [3.8, 4) is 0 Å². The van der Waals surface area contributed by atoms with Gasteiger partial charge in [-0.3, -0.25) is 0 Å². The van der Waals surface area contributed by atoms with Crippen LogP contribution in [0.2, 0.25) is 0 Å². The van der Waals surface area contributed by atoms with Crippen LogP contribution in [0.1, 0.15) is 31.2 Å². The van der Waals surface area contributed by atoms with Crippen LogP contribution in [-0.2, 0) is 6.42 Å². The minimum Gasteiger partial charge on any atom is -0.399 e. The van der Waals surface area contributed by atoms with Crippen LogP contribution in [0.15, 0.2) is 24.3 Å². The highest BCUT2D eigenvalue weighted by Crippen LogP contribution is 2.20. The zero-order chi connectivity index (χ0) is 11.4. The molecule has 1 atom stereocenters. The first-order valence-corrected chi connectivity index (χ1v) is 6.30. The molecule has 1 fully saturated rings. The van der Waals surface area contributed by atoms with E-state index in [0.717, 1.165) is 18.2 Å². The maximum Gasteiger partial charge on any atom is 0.0316 e. The average molecular weight is 218 g/mol. The van der Waals surface area contributed by atoms with Crippen LogP contribution in [0.25, 0.3) is 0 Å². The minimum atomic E-state index is 0.773. The van der Waals surface area contributed by atoms with Gasteiger partial charge in [0.25, 0.3) is 0 Å². The zero-order valence-electron chi connectivity index (χ0n) is 10.2. The van der Waals surface area contributed by atoms with Crippen LogP contribution in [0.4, 0.5) is 5.69 Å². The van der Waals surface area contributed by atoms with Gasteiger partial charge in [0.05, 0.1) is 0 Å². The van der Waals surface area contributed by atoms with Crippen molar-refractivity contribution >= 4 is 5.69 Å². The number of anilines is 1. The molecule has 1 aromatic rings. The summed E-state index contributed by atoms with van der Waals surface area (Å²) in [6.07, 6.45) is 6.54. The SMILES string of the molecule is CN1CCCCC1CCc1cccc(N)c1. The van der Waals surface area contributed by atoms with Crippen molar-refractivity contribution in [2.75, 3.05) is 19.3 Å². The highest BCUT2D eigenvalue weighted by Gasteiger charge is 2.18. The molecular formula is C14H22N2. The standard InChI is InChI=1S/C14H22N2/c1-16-10-3-2-7-14(16)9-8-12-5-4-6-13(15)11-12/h4-6,11,14H,2-3,7-10,15H2,1H3. The van der Waals surface area contributed by atoms with Gasteiger partial charge in [-0.1, -0.05) is 18.6 Å². The number of nitrogens with zero attached hydrogens (tertiary/aromatic N) is 1. The Labute approximate surface area is 98.4 Å². The van der Waals surface area contributed by atoms with Gasteiger partial charge in [0.2, 0.25) is 0 Å². The minimum absolute atomic E-state index is 0.773. The first-order valence-electron chi connectivity index (χ1n) is 6.30. The smallest absolute Gasteiger partial charge is 0.0316 e. The summed E-state index contributed by atoms with van der Waals surface area (Å²) in [6.45, 7) is 1.27. The lowest BCUT2D eigenvalue weighted by Gasteiger charge is -2.32. The monoisotopic (exact) mass is 218 g/mol. The summed E-state index contributed by atoms with van der Waals surface area (Å²) in [6, 6.07) is 9.06. The van der Waals surface area contributed by atoms with E-state index in [2.05, 4.69) is 30.1 Å². The van der Waals surface area contributed by atoms with Gasteiger partial charge >= 0.3 is 0 Å². The van der Waals surface area contributed by atoms with Gasteiger partial charge in [0, 0.05) is 11.7 Å². The number of nitrogens with two attached hydrogens (primary N) is 1. The highest BCUT2D eigenvalue weighted by atomic mass is 15.1. The first-order chi connectivity index (χ1) is 7.75. The quantitative estimate of drug-likeness (QED) is 0.790. The van der Waals surface area contributed by atoms with Gasteiger partial charge in [0.1, 0.15) is 0 Å². The summed E-state index contributed by atoms with van der Waals surface area (Å²) < 4.78 is 0. The van der Waals surface area contributed by atoms with Gasteiger partial charge in [-0.05, 0) is 57.0 Å². The molecule has 0 aliphatic carbocycles. The van der Waals surface area contributed by atoms with E-state index in [0.29, 0.717) is 0 Å². The molecule has 2 nitrogen and oxygen atoms in total. The molecule has 88 valence electrons. The van der Waals surface area contributed by atoms with Crippen LogP contribution in [-0.4, -0.2) is 24.5 Å². The molecule has 0 amide bonds. The predicted molar refractivity (Wildman–Crippen MR) is 69.4 cm³/mol. The van der Waals surface area contributed by atoms with Crippen molar-refractivity contribution in [3.05, 3.63) is 29.8 Å². The molecule has 2 heteroatoms. The Hall–Kier alpha value is -1.02. The summed E-state index contributed by atoms with van der Waals surface area (Å²) >= 11 is 0. The summed E-state index contributed by atoms with van der Waals surface area (Å²) in [5.74, 6) is 0. The third-order valence-corrected chi connectivity index (χ3v) is 3.64. The van der Waals surface area contributed by atoms with Crippen LogP contribution >= 0.6 is 0 Å². The number of benzene rings is 1. The lowest BCUT2D eigenvalue weighted by molar-refractivity contribution is 0.176. The zero-order valence-corrected chi connectivity index (χ0v) is 10.2. The van der Waals surface area contributed by atoms with Gasteiger partial charge in [-0.25, -0.2) is 0 Å². The van der Waals surface area contributed by atoms with Crippen LogP contribution in [0.5, 0.6) is 0 Å². The Morgan fingerprint density at radius 2 is 2.25 bits per heavy atom. The number of piperidine rings is 1. The maximum atomic E-state index is 5.78. The van der Waals surface area contributed by atoms with Crippen molar-refractivity contribution in [2.45, 2.75) is 38.1 Å². The Kier molecular flexibility index (Phi) is 3.83. The number of nitrogen functional groups attached to an aromatic ring is 1. The second-order valence-electron chi connectivity index (χ2n) is 4.91. The summed E-state index contributed by atoms with van der Waals surface area (Å²) in [5, 5.41) is 0. The van der Waals surface area contributed by atoms with E-state index >= 15 is 0 Å². The fraction of sp³-hybridized carbons (Fsp3) is 0.571. The van der Waals surface area contributed by atoms with E-state index in [1.165, 1.54) is 37.8 Å². The molecule has 0 saturated carbocycles. The van der Waals surface area contributed by atoms with Crippen LogP contribution in [0, 0.1) is 0 Å². The fourth-order valence-corrected chi connectivity index (χ4v) is 2.59. The van der Waals surface area contributed by atoms with E-state index in [-0.39, 0.29) is 0 Å². The van der Waals surface area contributed by atoms with E-state index in [4.69, 9.17) is 5.73 Å². The molecule has 1 aliphatic heterocycles. The molecule has 0 spiro atoms. The van der Waals surface area contributed by atoms with E-state index in [9.17, 15) is 0 Å². The topological polar surface area (TPSA) is 29.3 Å². The summed E-state index contributed by atoms with van der Waals surface area (Å²) in [4.78, 5) is 2.51. The predicted octanol–water partition coefficient (Wildman–Crippen LogP) is 2.69. The van der Waals surface area contributed by atoms with Crippen molar-refractivity contribution in [1.29, 1.82) is 0 Å². The average Bonchev–Trinajstić information content (AvgIpc) is 2.28. The Morgan fingerprint density at radius 3 is 3.00 bits per heavy atom. The number of aryl methyl sites for hydroxylation is 1. The molecule has 0 radical (unpaired) electrons. The van der Waals surface area contributed by atoms with Gasteiger partial charge in [0.15, 0.2) is 0 Å². The lowest BCUT2D eigenvalue weighted by atomic mass is 9.96. The van der Waals surface area contributed by atoms with Crippen molar-refractivity contribution in [1.82, 2.24) is 4.90 Å². The van der Waals surface area contributed by atoms with Crippen molar-refractivity contribution < 1.29 is 0 Å². The number of hydrogen-bond donors (Lipinski definition) is 1. The van der Waals surface area contributed by atoms with Crippen LogP contribution < -0.4 is 5.73 Å². The summed E-state index contributed by atoms with van der Waals surface area (Å²) in [7, 11) is 2.25. The van der Waals surface area contributed by atoms with E-state index < -0.39 is 0 Å². The normalized spacial score (nSPS) is 22.2. The molecule has 1 heterocycles. The van der Waals surface area contributed by atoms with Crippen molar-refractivity contribution in [3.63, 3.8) is 0 Å². The van der Waals surface area contributed by atoms with Gasteiger partial charge in [-0.2, -0.15) is 0 Å². The molecule has 0 aromatic heterocycles. The molecule has 0 bridgehead atoms. The molecule has 2 N–H and O–H groups in total. The van der Waals surface area contributed by atoms with Crippen molar-refractivity contribution in [2.24, 2.45) is 0 Å². The molecule has 16 heavy (non-hydrogen) atoms. The molecule has 1 saturated heterocycles. The third kappa shape index (κ3) is 2.99. The number of hydrogen-bond acceptors (Lipinski definition) is 2. The fourth-order valence-electron chi connectivity index (χ4n) is 2.59.